The molecule has 138 valence electrons. The average molecular weight is 359 g/mol. The number of hydrogen-bond donors (Lipinski definition) is 0. The maximum Gasteiger partial charge on any atom is 0.321 e. The maximum absolute atomic E-state index is 12.4. The quantitative estimate of drug-likeness (QED) is 0.311. The van der Waals surface area contributed by atoms with Crippen LogP contribution in [0.1, 0.15) is 25.3 Å². The molecule has 0 saturated carbocycles. The second-order valence-corrected chi connectivity index (χ2v) is 5.67. The standard InChI is InChI=1S/C19H21NO6/c1-3-25-18(21)17(19(22)26-4-2)16(12-20(23)24)15-11-7-9-13-8-5-6-10-14(13)15/h5-11,16-17H,3-4,12H2,1-2H3/t16-/m0/s1. The molecular weight excluding hydrogens is 338 g/mol. The van der Waals surface area contributed by atoms with Crippen LogP contribution < -0.4 is 0 Å². The predicted molar refractivity (Wildman–Crippen MR) is 95.3 cm³/mol. The van der Waals surface area contributed by atoms with Gasteiger partial charge in [0, 0.05) is 4.92 Å². The van der Waals surface area contributed by atoms with E-state index in [0.717, 1.165) is 10.8 Å². The molecule has 0 heterocycles. The Morgan fingerprint density at radius 2 is 1.58 bits per heavy atom. The highest BCUT2D eigenvalue weighted by Crippen LogP contribution is 2.33. The van der Waals surface area contributed by atoms with Crippen molar-refractivity contribution in [2.45, 2.75) is 19.8 Å². The molecule has 0 aromatic heterocycles. The Morgan fingerprint density at radius 3 is 2.15 bits per heavy atom. The lowest BCUT2D eigenvalue weighted by Gasteiger charge is -2.23. The van der Waals surface area contributed by atoms with Crippen molar-refractivity contribution >= 4 is 22.7 Å². The number of esters is 2. The molecule has 2 rings (SSSR count). The molecule has 0 saturated heterocycles. The molecule has 0 amide bonds. The summed E-state index contributed by atoms with van der Waals surface area (Å²) in [6.45, 7) is 2.77. The van der Waals surface area contributed by atoms with Gasteiger partial charge in [-0.05, 0) is 30.2 Å². The number of carbonyl (C=O) groups excluding carboxylic acids is 2. The van der Waals surface area contributed by atoms with E-state index >= 15 is 0 Å². The lowest BCUT2D eigenvalue weighted by molar-refractivity contribution is -0.484. The van der Waals surface area contributed by atoms with Gasteiger partial charge in [0.25, 0.3) is 0 Å². The molecule has 0 fully saturated rings. The topological polar surface area (TPSA) is 95.7 Å². The minimum Gasteiger partial charge on any atom is -0.465 e. The van der Waals surface area contributed by atoms with Gasteiger partial charge in [0.2, 0.25) is 6.54 Å². The summed E-state index contributed by atoms with van der Waals surface area (Å²) in [5, 5.41) is 12.9. The summed E-state index contributed by atoms with van der Waals surface area (Å²) in [4.78, 5) is 35.6. The van der Waals surface area contributed by atoms with Crippen molar-refractivity contribution in [1.29, 1.82) is 0 Å². The number of carbonyl (C=O) groups is 2. The SMILES string of the molecule is CCOC(=O)C(C(=O)OCC)[C@@H](C[N+](=O)[O-])c1cccc2ccccc12. The largest absolute Gasteiger partial charge is 0.465 e. The van der Waals surface area contributed by atoms with Crippen molar-refractivity contribution in [3.63, 3.8) is 0 Å². The molecule has 0 aliphatic carbocycles. The van der Waals surface area contributed by atoms with Gasteiger partial charge in [-0.15, -0.1) is 0 Å². The highest BCUT2D eigenvalue weighted by atomic mass is 16.6. The van der Waals surface area contributed by atoms with Crippen LogP contribution in [-0.2, 0) is 19.1 Å². The zero-order chi connectivity index (χ0) is 19.1. The van der Waals surface area contributed by atoms with Crippen molar-refractivity contribution in [3.8, 4) is 0 Å². The van der Waals surface area contributed by atoms with Crippen LogP contribution in [0.3, 0.4) is 0 Å². The molecular formula is C19H21NO6. The Morgan fingerprint density at radius 1 is 1.00 bits per heavy atom. The van der Waals surface area contributed by atoms with Crippen molar-refractivity contribution in [3.05, 3.63) is 58.1 Å². The molecule has 0 radical (unpaired) electrons. The monoisotopic (exact) mass is 359 g/mol. The molecule has 0 aliphatic rings. The fraction of sp³-hybridized carbons (Fsp3) is 0.368. The number of benzene rings is 2. The normalized spacial score (nSPS) is 12.0. The Kier molecular flexibility index (Phi) is 6.66. The number of hydrogen-bond acceptors (Lipinski definition) is 6. The number of rotatable bonds is 8. The molecule has 7 nitrogen and oxygen atoms in total. The van der Waals surface area contributed by atoms with Gasteiger partial charge in [-0.2, -0.15) is 0 Å². The lowest BCUT2D eigenvalue weighted by atomic mass is 9.83. The Bertz CT molecular complexity index is 780. The van der Waals surface area contributed by atoms with Crippen LogP contribution in [0.4, 0.5) is 0 Å². The molecule has 26 heavy (non-hydrogen) atoms. The third-order valence-corrected chi connectivity index (χ3v) is 4.05. The van der Waals surface area contributed by atoms with Gasteiger partial charge >= 0.3 is 11.9 Å². The number of nitro groups is 1. The molecule has 0 bridgehead atoms. The summed E-state index contributed by atoms with van der Waals surface area (Å²) in [5.74, 6) is -4.02. The third kappa shape index (κ3) is 4.36. The Labute approximate surface area is 151 Å². The predicted octanol–water partition coefficient (Wildman–Crippen LogP) is 2.94. The minimum absolute atomic E-state index is 0.0649. The fourth-order valence-corrected chi connectivity index (χ4v) is 3.01. The van der Waals surface area contributed by atoms with E-state index in [4.69, 9.17) is 9.47 Å². The van der Waals surface area contributed by atoms with E-state index in [1.165, 1.54) is 0 Å². The van der Waals surface area contributed by atoms with Gasteiger partial charge in [-0.3, -0.25) is 19.7 Å². The fourth-order valence-electron chi connectivity index (χ4n) is 3.01. The first-order valence-electron chi connectivity index (χ1n) is 8.42. The molecule has 1 atom stereocenters. The first-order valence-corrected chi connectivity index (χ1v) is 8.42. The maximum atomic E-state index is 12.4. The molecule has 0 spiro atoms. The lowest BCUT2D eigenvalue weighted by Crippen LogP contribution is -2.36. The van der Waals surface area contributed by atoms with Crippen LogP contribution in [0.5, 0.6) is 0 Å². The van der Waals surface area contributed by atoms with Gasteiger partial charge in [0.1, 0.15) is 0 Å². The molecule has 7 heteroatoms. The van der Waals surface area contributed by atoms with Crippen LogP contribution in [0, 0.1) is 16.0 Å². The average Bonchev–Trinajstić information content (AvgIpc) is 2.61. The van der Waals surface area contributed by atoms with Gasteiger partial charge in [-0.25, -0.2) is 0 Å². The summed E-state index contributed by atoms with van der Waals surface area (Å²) in [6, 6.07) is 12.6. The minimum atomic E-state index is -1.40. The summed E-state index contributed by atoms with van der Waals surface area (Å²) in [7, 11) is 0. The third-order valence-electron chi connectivity index (χ3n) is 4.05. The summed E-state index contributed by atoms with van der Waals surface area (Å²) >= 11 is 0. The van der Waals surface area contributed by atoms with Crippen molar-refractivity contribution < 1.29 is 24.0 Å². The molecule has 0 aliphatic heterocycles. The first-order chi connectivity index (χ1) is 12.5. The van der Waals surface area contributed by atoms with Crippen LogP contribution in [-0.4, -0.2) is 36.6 Å². The van der Waals surface area contributed by atoms with Crippen LogP contribution in [0.25, 0.3) is 10.8 Å². The van der Waals surface area contributed by atoms with Gasteiger partial charge in [0.05, 0.1) is 19.1 Å². The highest BCUT2D eigenvalue weighted by molar-refractivity contribution is 5.97. The number of nitrogens with zero attached hydrogens (tertiary/aromatic N) is 1. The first kappa shape index (κ1) is 19.4. The van der Waals surface area contributed by atoms with E-state index in [-0.39, 0.29) is 13.2 Å². The molecule has 0 unspecified atom stereocenters. The van der Waals surface area contributed by atoms with E-state index < -0.39 is 35.2 Å². The smallest absolute Gasteiger partial charge is 0.321 e. The molecule has 0 N–H and O–H groups in total. The van der Waals surface area contributed by atoms with E-state index in [9.17, 15) is 19.7 Å². The Hall–Kier alpha value is -2.96. The van der Waals surface area contributed by atoms with Crippen LogP contribution >= 0.6 is 0 Å². The second kappa shape index (κ2) is 8.94. The second-order valence-electron chi connectivity index (χ2n) is 5.67. The number of ether oxygens (including phenoxy) is 2. The number of fused-ring (bicyclic) bond motifs is 1. The van der Waals surface area contributed by atoms with Crippen molar-refractivity contribution in [1.82, 2.24) is 0 Å². The zero-order valence-electron chi connectivity index (χ0n) is 14.7. The highest BCUT2D eigenvalue weighted by Gasteiger charge is 2.41. The van der Waals surface area contributed by atoms with Gasteiger partial charge < -0.3 is 9.47 Å². The Balaban J connectivity index is 2.60. The summed E-state index contributed by atoms with van der Waals surface area (Å²) in [5.41, 5.74) is 0.547. The van der Waals surface area contributed by atoms with Crippen molar-refractivity contribution in [2.75, 3.05) is 19.8 Å². The van der Waals surface area contributed by atoms with Gasteiger partial charge in [-0.1, -0.05) is 42.5 Å². The van der Waals surface area contributed by atoms with E-state index in [1.807, 2.05) is 24.3 Å². The molecule has 2 aromatic rings. The van der Waals surface area contributed by atoms with Crippen LogP contribution in [0.15, 0.2) is 42.5 Å². The van der Waals surface area contributed by atoms with Crippen molar-refractivity contribution in [2.24, 2.45) is 5.92 Å². The van der Waals surface area contributed by atoms with E-state index in [1.54, 1.807) is 32.0 Å². The van der Waals surface area contributed by atoms with Gasteiger partial charge in [0.15, 0.2) is 5.92 Å². The van der Waals surface area contributed by atoms with E-state index in [0.29, 0.717) is 5.56 Å². The van der Waals surface area contributed by atoms with E-state index in [2.05, 4.69) is 0 Å². The zero-order valence-corrected chi connectivity index (χ0v) is 14.7. The molecule has 2 aromatic carbocycles. The summed E-state index contributed by atoms with van der Waals surface area (Å²) < 4.78 is 10.0. The van der Waals surface area contributed by atoms with Crippen LogP contribution in [0.2, 0.25) is 0 Å². The summed E-state index contributed by atoms with van der Waals surface area (Å²) in [6.07, 6.45) is 0.